The molecule has 0 spiro atoms. The smallest absolute Gasteiger partial charge is 0.342 e. The Balaban J connectivity index is 1.84. The molecule has 22 heavy (non-hydrogen) atoms. The number of carbonyl (C=O) groups excluding carboxylic acids is 1. The van der Waals surface area contributed by atoms with Gasteiger partial charge in [0.2, 0.25) is 0 Å². The van der Waals surface area contributed by atoms with Crippen LogP contribution in [0.2, 0.25) is 0 Å². The average molecular weight is 302 g/mol. The Hall–Kier alpha value is -1.97. The summed E-state index contributed by atoms with van der Waals surface area (Å²) in [5, 5.41) is 0.753. The van der Waals surface area contributed by atoms with Gasteiger partial charge in [-0.1, -0.05) is 13.8 Å². The van der Waals surface area contributed by atoms with Crippen LogP contribution in [0.4, 0.5) is 0 Å². The van der Waals surface area contributed by atoms with E-state index in [-0.39, 0.29) is 5.97 Å². The standard InChI is InChI=1S/C18H22O4/c1-5-20-17(19)16-11(2)22-15-7-6-13(8-14(15)16)21-10-12-9-18(12,3)4/h6-8,12H,5,9-10H2,1-4H3. The minimum absolute atomic E-state index is 0.345. The molecule has 1 heterocycles. The molecule has 1 aromatic heterocycles. The van der Waals surface area contributed by atoms with E-state index < -0.39 is 0 Å². The molecule has 0 saturated heterocycles. The summed E-state index contributed by atoms with van der Waals surface area (Å²) in [7, 11) is 0. The zero-order valence-corrected chi connectivity index (χ0v) is 13.6. The van der Waals surface area contributed by atoms with Crippen molar-refractivity contribution in [2.45, 2.75) is 34.1 Å². The maximum Gasteiger partial charge on any atom is 0.342 e. The van der Waals surface area contributed by atoms with E-state index in [0.29, 0.717) is 41.5 Å². The van der Waals surface area contributed by atoms with Crippen molar-refractivity contribution < 1.29 is 18.7 Å². The van der Waals surface area contributed by atoms with Gasteiger partial charge in [0.15, 0.2) is 0 Å². The van der Waals surface area contributed by atoms with Crippen molar-refractivity contribution in [2.24, 2.45) is 11.3 Å². The fourth-order valence-electron chi connectivity index (χ4n) is 2.80. The first-order valence-corrected chi connectivity index (χ1v) is 7.75. The zero-order chi connectivity index (χ0) is 15.9. The number of fused-ring (bicyclic) bond motifs is 1. The molecule has 4 nitrogen and oxygen atoms in total. The lowest BCUT2D eigenvalue weighted by atomic mass is 10.1. The molecular formula is C18H22O4. The van der Waals surface area contributed by atoms with E-state index in [1.54, 1.807) is 13.8 Å². The SMILES string of the molecule is CCOC(=O)c1c(C)oc2ccc(OCC3CC3(C)C)cc12. The second-order valence-corrected chi connectivity index (χ2v) is 6.61. The monoisotopic (exact) mass is 302 g/mol. The topological polar surface area (TPSA) is 48.7 Å². The highest BCUT2D eigenvalue weighted by Gasteiger charge is 2.45. The zero-order valence-electron chi connectivity index (χ0n) is 13.6. The van der Waals surface area contributed by atoms with Crippen LogP contribution in [0.25, 0.3) is 11.0 Å². The van der Waals surface area contributed by atoms with Crippen LogP contribution in [0.15, 0.2) is 22.6 Å². The molecule has 1 aliphatic rings. The van der Waals surface area contributed by atoms with Crippen LogP contribution in [0.5, 0.6) is 5.75 Å². The van der Waals surface area contributed by atoms with E-state index in [2.05, 4.69) is 13.8 Å². The average Bonchev–Trinajstić information content (AvgIpc) is 2.92. The van der Waals surface area contributed by atoms with Crippen molar-refractivity contribution in [1.29, 1.82) is 0 Å². The van der Waals surface area contributed by atoms with Crippen molar-refractivity contribution >= 4 is 16.9 Å². The molecular weight excluding hydrogens is 280 g/mol. The minimum atomic E-state index is -0.348. The number of aryl methyl sites for hydroxylation is 1. The summed E-state index contributed by atoms with van der Waals surface area (Å²) in [5.41, 5.74) is 1.57. The summed E-state index contributed by atoms with van der Waals surface area (Å²) in [5.74, 6) is 1.61. The molecule has 0 radical (unpaired) electrons. The molecule has 1 saturated carbocycles. The number of esters is 1. The lowest BCUT2D eigenvalue weighted by Crippen LogP contribution is -2.06. The third-order valence-electron chi connectivity index (χ3n) is 4.48. The quantitative estimate of drug-likeness (QED) is 0.771. The van der Waals surface area contributed by atoms with Crippen LogP contribution in [-0.4, -0.2) is 19.2 Å². The van der Waals surface area contributed by atoms with Crippen molar-refractivity contribution in [2.75, 3.05) is 13.2 Å². The lowest BCUT2D eigenvalue weighted by Gasteiger charge is -2.07. The maximum absolute atomic E-state index is 12.1. The number of rotatable bonds is 5. The van der Waals surface area contributed by atoms with E-state index in [9.17, 15) is 4.79 Å². The van der Waals surface area contributed by atoms with E-state index >= 15 is 0 Å². The van der Waals surface area contributed by atoms with Crippen molar-refractivity contribution in [3.63, 3.8) is 0 Å². The molecule has 0 aliphatic heterocycles. The van der Waals surface area contributed by atoms with Crippen LogP contribution in [-0.2, 0) is 4.74 Å². The molecule has 3 rings (SSSR count). The summed E-state index contributed by atoms with van der Waals surface area (Å²) < 4.78 is 16.6. The van der Waals surface area contributed by atoms with Gasteiger partial charge < -0.3 is 13.9 Å². The number of hydrogen-bond donors (Lipinski definition) is 0. The highest BCUT2D eigenvalue weighted by Crippen LogP contribution is 2.51. The molecule has 0 N–H and O–H groups in total. The number of carbonyl (C=O) groups is 1. The molecule has 1 aliphatic carbocycles. The molecule has 1 atom stereocenters. The van der Waals surface area contributed by atoms with Crippen LogP contribution in [0.1, 0.15) is 43.3 Å². The van der Waals surface area contributed by atoms with Crippen molar-refractivity contribution in [3.8, 4) is 5.75 Å². The Labute approximate surface area is 130 Å². The Bertz CT molecular complexity index is 711. The van der Waals surface area contributed by atoms with E-state index in [4.69, 9.17) is 13.9 Å². The third-order valence-corrected chi connectivity index (χ3v) is 4.48. The van der Waals surface area contributed by atoms with Gasteiger partial charge in [0, 0.05) is 5.39 Å². The number of furan rings is 1. The molecule has 0 amide bonds. The van der Waals surface area contributed by atoms with Gasteiger partial charge in [0.25, 0.3) is 0 Å². The molecule has 1 fully saturated rings. The summed E-state index contributed by atoms with van der Waals surface area (Å²) in [6.07, 6.45) is 1.20. The summed E-state index contributed by atoms with van der Waals surface area (Å²) in [4.78, 5) is 12.1. The second kappa shape index (κ2) is 5.34. The van der Waals surface area contributed by atoms with Gasteiger partial charge in [-0.05, 0) is 49.8 Å². The van der Waals surface area contributed by atoms with Gasteiger partial charge in [-0.2, -0.15) is 0 Å². The largest absolute Gasteiger partial charge is 0.493 e. The highest BCUT2D eigenvalue weighted by molar-refractivity contribution is 6.04. The predicted octanol–water partition coefficient (Wildman–Crippen LogP) is 4.34. The van der Waals surface area contributed by atoms with Crippen LogP contribution in [0.3, 0.4) is 0 Å². The fourth-order valence-corrected chi connectivity index (χ4v) is 2.80. The first-order chi connectivity index (χ1) is 10.4. The molecule has 0 bridgehead atoms. The van der Waals surface area contributed by atoms with Gasteiger partial charge in [-0.3, -0.25) is 0 Å². The van der Waals surface area contributed by atoms with Gasteiger partial charge in [0.05, 0.1) is 13.2 Å². The van der Waals surface area contributed by atoms with Gasteiger partial charge >= 0.3 is 5.97 Å². The van der Waals surface area contributed by atoms with Crippen LogP contribution >= 0.6 is 0 Å². The van der Waals surface area contributed by atoms with E-state index in [1.807, 2.05) is 18.2 Å². The summed E-state index contributed by atoms with van der Waals surface area (Å²) in [6.45, 7) is 9.13. The highest BCUT2D eigenvalue weighted by atomic mass is 16.5. The van der Waals surface area contributed by atoms with Crippen molar-refractivity contribution in [1.82, 2.24) is 0 Å². The molecule has 118 valence electrons. The molecule has 1 aromatic carbocycles. The van der Waals surface area contributed by atoms with Gasteiger partial charge in [0.1, 0.15) is 22.7 Å². The van der Waals surface area contributed by atoms with E-state index in [1.165, 1.54) is 6.42 Å². The molecule has 2 aromatic rings. The Morgan fingerprint density at radius 1 is 1.41 bits per heavy atom. The predicted molar refractivity (Wildman–Crippen MR) is 84.3 cm³/mol. The first-order valence-electron chi connectivity index (χ1n) is 7.75. The van der Waals surface area contributed by atoms with Crippen LogP contribution < -0.4 is 4.74 Å². The fraction of sp³-hybridized carbons (Fsp3) is 0.500. The second-order valence-electron chi connectivity index (χ2n) is 6.61. The summed E-state index contributed by atoms with van der Waals surface area (Å²) >= 11 is 0. The number of hydrogen-bond acceptors (Lipinski definition) is 4. The lowest BCUT2D eigenvalue weighted by molar-refractivity contribution is 0.0526. The Kier molecular flexibility index (Phi) is 3.63. The third kappa shape index (κ3) is 2.70. The maximum atomic E-state index is 12.1. The summed E-state index contributed by atoms with van der Waals surface area (Å²) in [6, 6.07) is 5.60. The number of benzene rings is 1. The Morgan fingerprint density at radius 2 is 2.14 bits per heavy atom. The van der Waals surface area contributed by atoms with Crippen LogP contribution in [0, 0.1) is 18.3 Å². The Morgan fingerprint density at radius 3 is 2.77 bits per heavy atom. The van der Waals surface area contributed by atoms with Crippen molar-refractivity contribution in [3.05, 3.63) is 29.5 Å². The van der Waals surface area contributed by atoms with Gasteiger partial charge in [-0.25, -0.2) is 4.79 Å². The van der Waals surface area contributed by atoms with E-state index in [0.717, 1.165) is 11.1 Å². The molecule has 1 unspecified atom stereocenters. The van der Waals surface area contributed by atoms with Gasteiger partial charge in [-0.15, -0.1) is 0 Å². The molecule has 4 heteroatoms. The minimum Gasteiger partial charge on any atom is -0.493 e. The number of ether oxygens (including phenoxy) is 2. The normalized spacial score (nSPS) is 19.2. The first kappa shape index (κ1) is 14.9.